The van der Waals surface area contributed by atoms with Crippen LogP contribution in [0, 0.1) is 17.8 Å². The number of ether oxygens (including phenoxy) is 1. The number of unbranched alkanes of at least 4 members (excludes halogenated alkanes) is 1. The molecule has 0 aromatic carbocycles. The summed E-state index contributed by atoms with van der Waals surface area (Å²) >= 11 is 0. The smallest absolute Gasteiger partial charge is 0.0831 e. The molecule has 0 amide bonds. The predicted octanol–water partition coefficient (Wildman–Crippen LogP) is 3.75. The molecule has 0 aromatic heterocycles. The Labute approximate surface area is 119 Å². The SMILES string of the molecule is C#CCCCC(NCC)C1(OC)CCC(C)(C)CC1. The molecule has 2 nitrogen and oxygen atoms in total. The van der Waals surface area contributed by atoms with Gasteiger partial charge in [0.2, 0.25) is 0 Å². The largest absolute Gasteiger partial charge is 0.377 e. The van der Waals surface area contributed by atoms with Gasteiger partial charge in [-0.15, -0.1) is 12.3 Å². The quantitative estimate of drug-likeness (QED) is 0.559. The molecular weight excluding hydrogens is 234 g/mol. The molecule has 1 aliphatic rings. The highest BCUT2D eigenvalue weighted by Gasteiger charge is 2.43. The van der Waals surface area contributed by atoms with Crippen molar-refractivity contribution in [3.05, 3.63) is 0 Å². The lowest BCUT2D eigenvalue weighted by Gasteiger charge is -2.47. The molecule has 1 unspecified atom stereocenters. The molecule has 0 aromatic rings. The molecule has 0 aliphatic heterocycles. The third-order valence-corrected chi connectivity index (χ3v) is 4.76. The van der Waals surface area contributed by atoms with Crippen molar-refractivity contribution in [3.63, 3.8) is 0 Å². The van der Waals surface area contributed by atoms with Crippen molar-refractivity contribution < 1.29 is 4.74 Å². The van der Waals surface area contributed by atoms with Crippen molar-refractivity contribution in [1.29, 1.82) is 0 Å². The summed E-state index contributed by atoms with van der Waals surface area (Å²) < 4.78 is 6.00. The Morgan fingerprint density at radius 1 is 1.26 bits per heavy atom. The van der Waals surface area contributed by atoms with Crippen molar-refractivity contribution in [2.45, 2.75) is 77.4 Å². The zero-order valence-electron chi connectivity index (χ0n) is 13.2. The van der Waals surface area contributed by atoms with Gasteiger partial charge in [-0.2, -0.15) is 0 Å². The van der Waals surface area contributed by atoms with E-state index in [0.29, 0.717) is 11.5 Å². The van der Waals surface area contributed by atoms with E-state index in [4.69, 9.17) is 11.2 Å². The minimum atomic E-state index is 0.0140. The molecular formula is C17H31NO. The molecule has 0 saturated heterocycles. The second-order valence-electron chi connectivity index (χ2n) is 6.64. The van der Waals surface area contributed by atoms with E-state index < -0.39 is 0 Å². The molecule has 0 radical (unpaired) electrons. The molecule has 1 rings (SSSR count). The summed E-state index contributed by atoms with van der Waals surface area (Å²) in [4.78, 5) is 0. The molecule has 110 valence electrons. The molecule has 1 aliphatic carbocycles. The van der Waals surface area contributed by atoms with E-state index >= 15 is 0 Å². The maximum atomic E-state index is 6.00. The van der Waals surface area contributed by atoms with Gasteiger partial charge in [-0.25, -0.2) is 0 Å². The fourth-order valence-corrected chi connectivity index (χ4v) is 3.25. The van der Waals surface area contributed by atoms with E-state index in [1.165, 1.54) is 12.8 Å². The van der Waals surface area contributed by atoms with Gasteiger partial charge < -0.3 is 10.1 Å². The highest BCUT2D eigenvalue weighted by Crippen LogP contribution is 2.44. The van der Waals surface area contributed by atoms with Crippen molar-refractivity contribution in [2.75, 3.05) is 13.7 Å². The number of terminal acetylenes is 1. The molecule has 0 heterocycles. The van der Waals surface area contributed by atoms with Crippen LogP contribution in [0.2, 0.25) is 0 Å². The summed E-state index contributed by atoms with van der Waals surface area (Å²) in [5.74, 6) is 2.74. The van der Waals surface area contributed by atoms with Gasteiger partial charge in [0, 0.05) is 19.6 Å². The normalized spacial score (nSPS) is 22.7. The lowest BCUT2D eigenvalue weighted by Crippen LogP contribution is -2.54. The van der Waals surface area contributed by atoms with Crippen LogP contribution in [0.15, 0.2) is 0 Å². The number of likely N-dealkylation sites (N-methyl/N-ethyl adjacent to an activating group) is 1. The lowest BCUT2D eigenvalue weighted by atomic mass is 9.67. The zero-order valence-corrected chi connectivity index (χ0v) is 13.2. The first-order valence-corrected chi connectivity index (χ1v) is 7.72. The molecule has 2 heteroatoms. The third-order valence-electron chi connectivity index (χ3n) is 4.76. The Kier molecular flexibility index (Phi) is 6.36. The van der Waals surface area contributed by atoms with Gasteiger partial charge in [0.15, 0.2) is 0 Å². The van der Waals surface area contributed by atoms with Gasteiger partial charge in [-0.1, -0.05) is 20.8 Å². The van der Waals surface area contributed by atoms with Crippen molar-refractivity contribution in [2.24, 2.45) is 5.41 Å². The van der Waals surface area contributed by atoms with Gasteiger partial charge in [0.25, 0.3) is 0 Å². The first-order valence-electron chi connectivity index (χ1n) is 7.72. The van der Waals surface area contributed by atoms with E-state index in [1.807, 2.05) is 7.11 Å². The Morgan fingerprint density at radius 3 is 2.37 bits per heavy atom. The van der Waals surface area contributed by atoms with Gasteiger partial charge in [-0.3, -0.25) is 0 Å². The monoisotopic (exact) mass is 265 g/mol. The fourth-order valence-electron chi connectivity index (χ4n) is 3.25. The average molecular weight is 265 g/mol. The number of hydrogen-bond donors (Lipinski definition) is 1. The van der Waals surface area contributed by atoms with Gasteiger partial charge in [-0.05, 0) is 50.5 Å². The Balaban J connectivity index is 2.70. The average Bonchev–Trinajstić information content (AvgIpc) is 2.39. The fraction of sp³-hybridized carbons (Fsp3) is 0.882. The second-order valence-corrected chi connectivity index (χ2v) is 6.64. The van der Waals surface area contributed by atoms with Crippen LogP contribution in [0.1, 0.15) is 65.7 Å². The topological polar surface area (TPSA) is 21.3 Å². The number of methoxy groups -OCH3 is 1. The minimum Gasteiger partial charge on any atom is -0.377 e. The molecule has 1 N–H and O–H groups in total. The van der Waals surface area contributed by atoms with Crippen LogP contribution in [-0.4, -0.2) is 25.3 Å². The second kappa shape index (κ2) is 7.31. The number of hydrogen-bond acceptors (Lipinski definition) is 2. The summed E-state index contributed by atoms with van der Waals surface area (Å²) in [5, 5.41) is 3.64. The zero-order chi connectivity index (χ0) is 14.4. The highest BCUT2D eigenvalue weighted by molar-refractivity contribution is 4.99. The summed E-state index contributed by atoms with van der Waals surface area (Å²) in [6.07, 6.45) is 13.2. The molecule has 0 spiro atoms. The van der Waals surface area contributed by atoms with E-state index in [9.17, 15) is 0 Å². The highest BCUT2D eigenvalue weighted by atomic mass is 16.5. The van der Waals surface area contributed by atoms with Crippen LogP contribution in [0.3, 0.4) is 0 Å². The van der Waals surface area contributed by atoms with Gasteiger partial charge in [0.1, 0.15) is 0 Å². The minimum absolute atomic E-state index is 0.0140. The first-order chi connectivity index (χ1) is 8.99. The first kappa shape index (κ1) is 16.5. The van der Waals surface area contributed by atoms with Crippen LogP contribution in [0.4, 0.5) is 0 Å². The van der Waals surface area contributed by atoms with Crippen molar-refractivity contribution in [1.82, 2.24) is 5.32 Å². The van der Waals surface area contributed by atoms with Gasteiger partial charge in [0.05, 0.1) is 5.60 Å². The van der Waals surface area contributed by atoms with E-state index in [-0.39, 0.29) is 5.60 Å². The van der Waals surface area contributed by atoms with Crippen LogP contribution >= 0.6 is 0 Å². The summed E-state index contributed by atoms with van der Waals surface area (Å²) in [6.45, 7) is 7.90. The Bertz CT molecular complexity index is 293. The maximum Gasteiger partial charge on any atom is 0.0831 e. The third kappa shape index (κ3) is 4.51. The van der Waals surface area contributed by atoms with E-state index in [2.05, 4.69) is 32.0 Å². The summed E-state index contributed by atoms with van der Waals surface area (Å²) in [7, 11) is 1.88. The maximum absolute atomic E-state index is 6.00. The van der Waals surface area contributed by atoms with Crippen molar-refractivity contribution in [3.8, 4) is 12.3 Å². The molecule has 19 heavy (non-hydrogen) atoms. The predicted molar refractivity (Wildman–Crippen MR) is 82.1 cm³/mol. The molecule has 1 saturated carbocycles. The number of rotatable bonds is 7. The Morgan fingerprint density at radius 2 is 1.89 bits per heavy atom. The van der Waals surface area contributed by atoms with E-state index in [1.54, 1.807) is 0 Å². The molecule has 0 bridgehead atoms. The Hall–Kier alpha value is -0.520. The van der Waals surface area contributed by atoms with Crippen LogP contribution < -0.4 is 5.32 Å². The summed E-state index contributed by atoms with van der Waals surface area (Å²) in [5.41, 5.74) is 0.484. The lowest BCUT2D eigenvalue weighted by molar-refractivity contribution is -0.0878. The van der Waals surface area contributed by atoms with Crippen LogP contribution in [-0.2, 0) is 4.74 Å². The summed E-state index contributed by atoms with van der Waals surface area (Å²) in [6, 6.07) is 0.437. The van der Waals surface area contributed by atoms with E-state index in [0.717, 1.165) is 38.6 Å². The van der Waals surface area contributed by atoms with Crippen molar-refractivity contribution >= 4 is 0 Å². The molecule has 1 atom stereocenters. The standard InChI is InChI=1S/C17H31NO/c1-6-8-9-10-15(18-7-2)17(19-5)13-11-16(3,4)12-14-17/h1,15,18H,7-14H2,2-5H3. The number of nitrogens with one attached hydrogen (secondary N) is 1. The van der Waals surface area contributed by atoms with Gasteiger partial charge >= 0.3 is 0 Å². The van der Waals surface area contributed by atoms with Crippen LogP contribution in [0.5, 0.6) is 0 Å². The van der Waals surface area contributed by atoms with Crippen LogP contribution in [0.25, 0.3) is 0 Å². The molecule has 1 fully saturated rings.